The van der Waals surface area contributed by atoms with E-state index in [9.17, 15) is 27.9 Å². The van der Waals surface area contributed by atoms with Crippen molar-refractivity contribution in [3.63, 3.8) is 0 Å². The molecule has 0 aliphatic heterocycles. The summed E-state index contributed by atoms with van der Waals surface area (Å²) in [6, 6.07) is 9.74. The summed E-state index contributed by atoms with van der Waals surface area (Å²) in [5.74, 6) is -0.561. The van der Waals surface area contributed by atoms with Crippen LogP contribution >= 0.6 is 0 Å². The van der Waals surface area contributed by atoms with Gasteiger partial charge in [0.2, 0.25) is 5.88 Å². The number of aromatic nitrogens is 2. The molecule has 0 saturated carbocycles. The molecule has 1 aromatic heterocycles. The normalized spacial score (nSPS) is 12.3. The number of aliphatic imine (C=N–C) groups is 1. The largest absolute Gasteiger partial charge is 0.493 e. The second-order valence-corrected chi connectivity index (χ2v) is 7.18. The number of nitrogens with one attached hydrogen (secondary N) is 1. The van der Waals surface area contributed by atoms with E-state index in [-0.39, 0.29) is 17.8 Å². The topological polar surface area (TPSA) is 87.4 Å². The van der Waals surface area contributed by atoms with Gasteiger partial charge in [-0.1, -0.05) is 29.8 Å². The number of halogens is 3. The summed E-state index contributed by atoms with van der Waals surface area (Å²) in [6.07, 6.45) is -4.43. The first-order valence-electron chi connectivity index (χ1n) is 9.32. The molecule has 2 N–H and O–H groups in total. The van der Waals surface area contributed by atoms with Gasteiger partial charge in [0.05, 0.1) is 23.5 Å². The number of rotatable bonds is 4. The standard InChI is InChI=1S/C22H20F3N3O3/c1-12-4-9-17(13(2)10-12)28-20(30)18(19(29)27-21(28)31)14(3)26-11-15-5-7-16(8-6-15)22(23,24)25/h4-10,30H,11H2,1-3H3,(H,27,29,31). The van der Waals surface area contributed by atoms with Crippen LogP contribution in [0.15, 0.2) is 57.0 Å². The van der Waals surface area contributed by atoms with E-state index in [1.807, 2.05) is 13.0 Å². The van der Waals surface area contributed by atoms with Gasteiger partial charge in [0.1, 0.15) is 5.56 Å². The monoisotopic (exact) mass is 431 g/mol. The minimum Gasteiger partial charge on any atom is -0.493 e. The quantitative estimate of drug-likeness (QED) is 0.615. The van der Waals surface area contributed by atoms with E-state index in [0.717, 1.165) is 27.8 Å². The molecule has 162 valence electrons. The molecule has 0 fully saturated rings. The van der Waals surface area contributed by atoms with Crippen LogP contribution in [0.2, 0.25) is 0 Å². The molecule has 2 aromatic carbocycles. The van der Waals surface area contributed by atoms with E-state index < -0.39 is 28.9 Å². The number of aryl methyl sites for hydroxylation is 2. The maximum Gasteiger partial charge on any atom is 0.416 e. The van der Waals surface area contributed by atoms with Gasteiger partial charge in [-0.3, -0.25) is 14.8 Å². The van der Waals surface area contributed by atoms with E-state index in [4.69, 9.17) is 0 Å². The summed E-state index contributed by atoms with van der Waals surface area (Å²) in [7, 11) is 0. The molecule has 3 rings (SSSR count). The third kappa shape index (κ3) is 4.60. The predicted octanol–water partition coefficient (Wildman–Crippen LogP) is 3.88. The first-order valence-corrected chi connectivity index (χ1v) is 9.32. The molecule has 0 unspecified atom stereocenters. The van der Waals surface area contributed by atoms with Crippen LogP contribution in [-0.4, -0.2) is 20.4 Å². The Balaban J connectivity index is 2.00. The summed E-state index contributed by atoms with van der Waals surface area (Å²) in [4.78, 5) is 31.1. The molecule has 0 aliphatic rings. The zero-order valence-corrected chi connectivity index (χ0v) is 17.0. The van der Waals surface area contributed by atoms with Gasteiger partial charge in [-0.2, -0.15) is 13.2 Å². The highest BCUT2D eigenvalue weighted by Crippen LogP contribution is 2.29. The van der Waals surface area contributed by atoms with Gasteiger partial charge in [-0.15, -0.1) is 0 Å². The van der Waals surface area contributed by atoms with Crippen molar-refractivity contribution in [2.75, 3.05) is 0 Å². The minimum absolute atomic E-state index is 0.00840. The number of benzene rings is 2. The third-order valence-electron chi connectivity index (χ3n) is 4.82. The second kappa shape index (κ2) is 8.25. The molecular formula is C22H20F3N3O3. The van der Waals surface area contributed by atoms with Crippen LogP contribution in [0.25, 0.3) is 5.69 Å². The number of alkyl halides is 3. The SMILES string of the molecule is CC(=NCc1ccc(C(F)(F)F)cc1)c1c(O)n(-c2ccc(C)cc2C)c(=O)[nH]c1=O. The second-order valence-electron chi connectivity index (χ2n) is 7.18. The minimum atomic E-state index is -4.43. The third-order valence-corrected chi connectivity index (χ3v) is 4.82. The van der Waals surface area contributed by atoms with Gasteiger partial charge in [-0.05, 0) is 50.1 Å². The number of H-pyrrole nitrogens is 1. The van der Waals surface area contributed by atoms with Gasteiger partial charge in [0, 0.05) is 0 Å². The zero-order chi connectivity index (χ0) is 22.9. The van der Waals surface area contributed by atoms with Gasteiger partial charge in [0.15, 0.2) is 0 Å². The van der Waals surface area contributed by atoms with E-state index in [2.05, 4.69) is 9.98 Å². The van der Waals surface area contributed by atoms with Gasteiger partial charge < -0.3 is 5.11 Å². The van der Waals surface area contributed by atoms with E-state index in [1.165, 1.54) is 19.1 Å². The highest BCUT2D eigenvalue weighted by molar-refractivity contribution is 6.00. The van der Waals surface area contributed by atoms with Crippen LogP contribution in [0.4, 0.5) is 13.2 Å². The highest BCUT2D eigenvalue weighted by atomic mass is 19.4. The smallest absolute Gasteiger partial charge is 0.416 e. The van der Waals surface area contributed by atoms with Gasteiger partial charge in [-0.25, -0.2) is 9.36 Å². The summed E-state index contributed by atoms with van der Waals surface area (Å²) >= 11 is 0. The Morgan fingerprint density at radius 3 is 2.32 bits per heavy atom. The molecular weight excluding hydrogens is 411 g/mol. The van der Waals surface area contributed by atoms with Crippen molar-refractivity contribution in [1.29, 1.82) is 0 Å². The molecule has 0 aliphatic carbocycles. The lowest BCUT2D eigenvalue weighted by molar-refractivity contribution is -0.137. The van der Waals surface area contributed by atoms with Crippen molar-refractivity contribution >= 4 is 5.71 Å². The van der Waals surface area contributed by atoms with Crippen molar-refractivity contribution in [2.24, 2.45) is 4.99 Å². The average molecular weight is 431 g/mol. The van der Waals surface area contributed by atoms with Gasteiger partial charge >= 0.3 is 11.9 Å². The van der Waals surface area contributed by atoms with Crippen molar-refractivity contribution in [2.45, 2.75) is 33.5 Å². The maximum atomic E-state index is 12.7. The summed E-state index contributed by atoms with van der Waals surface area (Å²) in [5.41, 5.74) is 0.149. The Kier molecular flexibility index (Phi) is 5.88. The number of hydrogen-bond acceptors (Lipinski definition) is 4. The Morgan fingerprint density at radius 2 is 1.74 bits per heavy atom. The van der Waals surface area contributed by atoms with E-state index in [1.54, 1.807) is 19.1 Å². The lowest BCUT2D eigenvalue weighted by Crippen LogP contribution is -2.33. The van der Waals surface area contributed by atoms with Crippen molar-refractivity contribution in [1.82, 2.24) is 9.55 Å². The Labute approximate surface area is 175 Å². The summed E-state index contributed by atoms with van der Waals surface area (Å²) in [5, 5.41) is 10.7. The molecule has 0 bridgehead atoms. The Bertz CT molecular complexity index is 1270. The van der Waals surface area contributed by atoms with Crippen LogP contribution < -0.4 is 11.2 Å². The molecule has 9 heteroatoms. The first-order chi connectivity index (χ1) is 14.5. The molecule has 0 spiro atoms. The Hall–Kier alpha value is -3.62. The lowest BCUT2D eigenvalue weighted by Gasteiger charge is -2.14. The van der Waals surface area contributed by atoms with Crippen molar-refractivity contribution in [3.05, 3.63) is 91.1 Å². The zero-order valence-electron chi connectivity index (χ0n) is 17.0. The number of aromatic amines is 1. The fraction of sp³-hybridized carbons (Fsp3) is 0.227. The lowest BCUT2D eigenvalue weighted by atomic mass is 10.1. The molecule has 0 amide bonds. The van der Waals surface area contributed by atoms with Crippen LogP contribution in [0.3, 0.4) is 0 Å². The van der Waals surface area contributed by atoms with Crippen molar-refractivity contribution < 1.29 is 18.3 Å². The maximum absolute atomic E-state index is 12.7. The molecule has 0 saturated heterocycles. The fourth-order valence-electron chi connectivity index (χ4n) is 3.22. The fourth-order valence-corrected chi connectivity index (χ4v) is 3.22. The predicted molar refractivity (Wildman–Crippen MR) is 111 cm³/mol. The van der Waals surface area contributed by atoms with E-state index in [0.29, 0.717) is 11.3 Å². The van der Waals surface area contributed by atoms with Crippen LogP contribution in [0, 0.1) is 13.8 Å². The number of aromatic hydroxyl groups is 1. The molecule has 0 atom stereocenters. The first kappa shape index (κ1) is 22.1. The Morgan fingerprint density at radius 1 is 1.10 bits per heavy atom. The number of nitrogens with zero attached hydrogens (tertiary/aromatic N) is 2. The van der Waals surface area contributed by atoms with Crippen LogP contribution in [0.1, 0.15) is 34.7 Å². The highest BCUT2D eigenvalue weighted by Gasteiger charge is 2.29. The summed E-state index contributed by atoms with van der Waals surface area (Å²) < 4.78 is 39.0. The van der Waals surface area contributed by atoms with Crippen LogP contribution in [0.5, 0.6) is 5.88 Å². The molecule has 1 heterocycles. The van der Waals surface area contributed by atoms with E-state index >= 15 is 0 Å². The molecule has 0 radical (unpaired) electrons. The van der Waals surface area contributed by atoms with Crippen LogP contribution in [-0.2, 0) is 12.7 Å². The molecule has 31 heavy (non-hydrogen) atoms. The molecule has 3 aromatic rings. The molecule has 6 nitrogen and oxygen atoms in total. The number of hydrogen-bond donors (Lipinski definition) is 2. The average Bonchev–Trinajstić information content (AvgIpc) is 2.67. The van der Waals surface area contributed by atoms with Crippen molar-refractivity contribution in [3.8, 4) is 11.6 Å². The summed E-state index contributed by atoms with van der Waals surface area (Å²) in [6.45, 7) is 5.12. The van der Waals surface area contributed by atoms with Gasteiger partial charge in [0.25, 0.3) is 5.56 Å².